The Kier molecular flexibility index (Phi) is 8.46. The largest absolute Gasteiger partial charge is 0.748 e. The van der Waals surface area contributed by atoms with Gasteiger partial charge < -0.3 is 44.5 Å². The summed E-state index contributed by atoms with van der Waals surface area (Å²) in [5, 5.41) is 0. The second-order valence-corrected chi connectivity index (χ2v) is 9.38. The summed E-state index contributed by atoms with van der Waals surface area (Å²) in [4.78, 5) is 2.22. The molecule has 1 aliphatic heterocycles. The molecule has 30 heavy (non-hydrogen) atoms. The summed E-state index contributed by atoms with van der Waals surface area (Å²) in [6.45, 7) is 0.950. The average molecular weight is 449 g/mol. The van der Waals surface area contributed by atoms with Gasteiger partial charge in [-0.15, -0.1) is 5.46 Å². The molecule has 0 atom stereocenters. The van der Waals surface area contributed by atoms with Gasteiger partial charge in [0.2, 0.25) is 0 Å². The first-order valence-electron chi connectivity index (χ1n) is 11.6. The predicted octanol–water partition coefficient (Wildman–Crippen LogP) is 5.02. The molecule has 2 aromatic rings. The van der Waals surface area contributed by atoms with E-state index in [1.54, 1.807) is 0 Å². The van der Waals surface area contributed by atoms with E-state index in [0.29, 0.717) is 0 Å². The summed E-state index contributed by atoms with van der Waals surface area (Å²) >= 11 is 0. The second kappa shape index (κ2) is 10.7. The third kappa shape index (κ3) is 4.97. The van der Waals surface area contributed by atoms with Crippen LogP contribution >= 0.6 is 0 Å². The molecule has 0 unspecified atom stereocenters. The molecule has 0 N–H and O–H groups in total. The van der Waals surface area contributed by atoms with E-state index < -0.39 is 0 Å². The number of nitrogens with zero attached hydrogens (tertiary/aromatic N) is 1. The quantitative estimate of drug-likeness (QED) is 0.486. The zero-order chi connectivity index (χ0) is 20.2. The fourth-order valence-corrected chi connectivity index (χ4v) is 5.67. The summed E-state index contributed by atoms with van der Waals surface area (Å²) in [6, 6.07) is 16.6. The third-order valence-electron chi connectivity index (χ3n) is 7.06. The Labute approximate surface area is 193 Å². The average Bonchev–Trinajstić information content (AvgIpc) is 3.47. The van der Waals surface area contributed by atoms with E-state index in [0.717, 1.165) is 6.54 Å². The van der Waals surface area contributed by atoms with E-state index >= 15 is 0 Å². The molecule has 170 valence electrons. The van der Waals surface area contributed by atoms with Gasteiger partial charge >= 0.3 is 7.12 Å². The number of hydrogen-bond acceptors (Lipinski definition) is 3. The van der Waals surface area contributed by atoms with Crippen molar-refractivity contribution in [3.05, 3.63) is 54.1 Å². The molecule has 0 radical (unpaired) electrons. The smallest absolute Gasteiger partial charge is 0.419 e. The van der Waals surface area contributed by atoms with Gasteiger partial charge in [-0.25, -0.2) is 12.1 Å². The van der Waals surface area contributed by atoms with Crippen LogP contribution in [0.4, 0.5) is 0 Å². The molecule has 3 nitrogen and oxygen atoms in total. The van der Waals surface area contributed by atoms with Crippen LogP contribution in [0.2, 0.25) is 0 Å². The van der Waals surface area contributed by atoms with Crippen molar-refractivity contribution in [2.24, 2.45) is 0 Å². The standard InChI is InChI=1S/C20H31BNO2.C5H5.Fe/c1-22(2)16-17-10-9-11-18(17)21-23-19(12-5-3-6-13-19)20(24-21)14-7-4-8-15-20;1-2-4-5-3-1;/h9-11H,3-8,12-16H2,1-2H3;1-5H;/q-1;-5;. The first-order valence-corrected chi connectivity index (χ1v) is 11.6. The van der Waals surface area contributed by atoms with Gasteiger partial charge in [0.15, 0.2) is 0 Å². The summed E-state index contributed by atoms with van der Waals surface area (Å²) in [5.74, 6) is 0. The van der Waals surface area contributed by atoms with Crippen LogP contribution in [-0.2, 0) is 32.9 Å². The Morgan fingerprint density at radius 3 is 1.77 bits per heavy atom. The minimum Gasteiger partial charge on any atom is -0.748 e. The molecule has 5 rings (SSSR count). The minimum absolute atomic E-state index is 0. The Balaban J connectivity index is 0.000000376. The minimum atomic E-state index is -0.161. The molecule has 0 bridgehead atoms. The van der Waals surface area contributed by atoms with Gasteiger partial charge in [0, 0.05) is 17.1 Å². The van der Waals surface area contributed by atoms with Crippen molar-refractivity contribution in [2.45, 2.75) is 82.0 Å². The van der Waals surface area contributed by atoms with Gasteiger partial charge in [0.1, 0.15) is 0 Å². The molecule has 3 aliphatic rings. The topological polar surface area (TPSA) is 21.7 Å². The van der Waals surface area contributed by atoms with Crippen molar-refractivity contribution in [1.82, 2.24) is 4.90 Å². The van der Waals surface area contributed by atoms with Gasteiger partial charge in [0.05, 0.1) is 11.2 Å². The monoisotopic (exact) mass is 449 g/mol. The molecular formula is C25H36BFeNO2-6. The van der Waals surface area contributed by atoms with Crippen LogP contribution in [0.5, 0.6) is 0 Å². The van der Waals surface area contributed by atoms with Gasteiger partial charge in [-0.2, -0.15) is 11.6 Å². The summed E-state index contributed by atoms with van der Waals surface area (Å²) in [5.41, 5.74) is 2.56. The zero-order valence-corrected chi connectivity index (χ0v) is 19.7. The fourth-order valence-electron chi connectivity index (χ4n) is 5.67. The fraction of sp³-hybridized carbons (Fsp3) is 0.600. The van der Waals surface area contributed by atoms with Gasteiger partial charge in [-0.1, -0.05) is 38.5 Å². The predicted molar refractivity (Wildman–Crippen MR) is 121 cm³/mol. The first kappa shape index (κ1) is 23.8. The normalized spacial score (nSPS) is 22.0. The second-order valence-electron chi connectivity index (χ2n) is 9.38. The van der Waals surface area contributed by atoms with Gasteiger partial charge in [0.25, 0.3) is 0 Å². The molecule has 5 heteroatoms. The first-order chi connectivity index (χ1) is 14.1. The van der Waals surface area contributed by atoms with Crippen LogP contribution < -0.4 is 5.46 Å². The zero-order valence-electron chi connectivity index (χ0n) is 18.6. The summed E-state index contributed by atoms with van der Waals surface area (Å²) < 4.78 is 13.6. The van der Waals surface area contributed by atoms with E-state index in [1.165, 1.54) is 75.2 Å². The molecule has 3 fully saturated rings. The Morgan fingerprint density at radius 2 is 1.33 bits per heavy atom. The van der Waals surface area contributed by atoms with Gasteiger partial charge in [-0.05, 0) is 46.3 Å². The van der Waals surface area contributed by atoms with Crippen LogP contribution in [0, 0.1) is 0 Å². The molecule has 2 saturated carbocycles. The summed E-state index contributed by atoms with van der Waals surface area (Å²) in [6.07, 6.45) is 12.6. The maximum absolute atomic E-state index is 6.81. The van der Waals surface area contributed by atoms with Crippen LogP contribution in [0.25, 0.3) is 0 Å². The van der Waals surface area contributed by atoms with Crippen molar-refractivity contribution >= 4 is 12.6 Å². The maximum Gasteiger partial charge on any atom is 0.419 e. The Bertz CT molecular complexity index is 687. The van der Waals surface area contributed by atoms with Crippen LogP contribution in [0.3, 0.4) is 0 Å². The van der Waals surface area contributed by atoms with Crippen LogP contribution in [0.15, 0.2) is 48.5 Å². The Hall–Kier alpha value is -0.836. The molecule has 2 aliphatic carbocycles. The van der Waals surface area contributed by atoms with Crippen LogP contribution in [0.1, 0.15) is 69.8 Å². The molecule has 1 heterocycles. The SMILES string of the molecule is CN(C)Cc1ccc[c-]1B1OC2(CCCCC2)C2(CCCCC2)O1.[Fe].[cH-]1[cH-][cH-][cH-][cH-]1. The van der Waals surface area contributed by atoms with E-state index in [1.807, 2.05) is 30.3 Å². The summed E-state index contributed by atoms with van der Waals surface area (Å²) in [7, 11) is 4.09. The maximum atomic E-state index is 6.81. The molecule has 2 spiro atoms. The number of hydrogen-bond donors (Lipinski definition) is 0. The number of rotatable bonds is 3. The van der Waals surface area contributed by atoms with Crippen molar-refractivity contribution < 1.29 is 26.4 Å². The molecule has 0 amide bonds. The van der Waals surface area contributed by atoms with E-state index in [9.17, 15) is 0 Å². The number of fused-ring (bicyclic) bond motifs is 1. The van der Waals surface area contributed by atoms with E-state index in [2.05, 4.69) is 37.2 Å². The molecule has 2 aromatic carbocycles. The van der Waals surface area contributed by atoms with Crippen molar-refractivity contribution in [3.8, 4) is 0 Å². The molecular weight excluding hydrogens is 413 g/mol. The van der Waals surface area contributed by atoms with Crippen molar-refractivity contribution in [2.75, 3.05) is 14.1 Å². The molecule has 0 aromatic heterocycles. The van der Waals surface area contributed by atoms with Crippen molar-refractivity contribution in [1.29, 1.82) is 0 Å². The Morgan fingerprint density at radius 1 is 0.867 bits per heavy atom. The molecule has 1 saturated heterocycles. The third-order valence-corrected chi connectivity index (χ3v) is 7.06. The van der Waals surface area contributed by atoms with E-state index in [4.69, 9.17) is 9.31 Å². The van der Waals surface area contributed by atoms with Crippen LogP contribution in [-0.4, -0.2) is 37.3 Å². The van der Waals surface area contributed by atoms with Gasteiger partial charge in [-0.3, -0.25) is 0 Å². The van der Waals surface area contributed by atoms with E-state index in [-0.39, 0.29) is 35.4 Å². The van der Waals surface area contributed by atoms with Crippen molar-refractivity contribution in [3.63, 3.8) is 0 Å².